The van der Waals surface area contributed by atoms with Crippen LogP contribution in [0, 0.1) is 0 Å². The van der Waals surface area contributed by atoms with Crippen LogP contribution in [0.4, 0.5) is 0 Å². The van der Waals surface area contributed by atoms with Crippen molar-refractivity contribution in [2.45, 2.75) is 19.3 Å². The molecular weight excluding hydrogens is 200 g/mol. The van der Waals surface area contributed by atoms with Gasteiger partial charge < -0.3 is 4.98 Å². The van der Waals surface area contributed by atoms with Crippen LogP contribution in [0.5, 0.6) is 0 Å². The van der Waals surface area contributed by atoms with Crippen molar-refractivity contribution < 1.29 is 0 Å². The number of hydrogen-bond acceptors (Lipinski definition) is 3. The molecular formula is C9H16N2S2. The van der Waals surface area contributed by atoms with Crippen LogP contribution in [0.25, 0.3) is 0 Å². The molecule has 1 aromatic rings. The fraction of sp³-hybridized carbons (Fsp3) is 0.556. The van der Waals surface area contributed by atoms with Crippen LogP contribution in [0.15, 0.2) is 24.5 Å². The van der Waals surface area contributed by atoms with Crippen molar-refractivity contribution in [2.24, 2.45) is 0 Å². The molecule has 1 saturated heterocycles. The maximum Gasteiger partial charge on any atom is 0.00971 e. The number of rotatable bonds is 1. The summed E-state index contributed by atoms with van der Waals surface area (Å²) in [5, 5.41) is 0. The second-order valence-electron chi connectivity index (χ2n) is 2.96. The van der Waals surface area contributed by atoms with Gasteiger partial charge in [-0.15, -0.1) is 0 Å². The quantitative estimate of drug-likeness (QED) is 0.427. The molecule has 1 fully saturated rings. The van der Waals surface area contributed by atoms with E-state index in [9.17, 15) is 0 Å². The SMILES string of the molecule is SSN1CCCCC1.c1cc[nH]c1. The molecule has 0 amide bonds. The van der Waals surface area contributed by atoms with Crippen molar-refractivity contribution in [2.75, 3.05) is 13.1 Å². The molecule has 0 atom stereocenters. The Bertz CT molecular complexity index is 166. The van der Waals surface area contributed by atoms with E-state index in [1.807, 2.05) is 24.5 Å². The van der Waals surface area contributed by atoms with Gasteiger partial charge in [0, 0.05) is 25.5 Å². The van der Waals surface area contributed by atoms with Crippen molar-refractivity contribution in [1.29, 1.82) is 0 Å². The number of hydrogen-bond donors (Lipinski definition) is 2. The smallest absolute Gasteiger partial charge is 0.00971 e. The Hall–Kier alpha value is -0.0600. The highest BCUT2D eigenvalue weighted by molar-refractivity contribution is 8.67. The van der Waals surface area contributed by atoms with Crippen molar-refractivity contribution in [1.82, 2.24) is 9.29 Å². The normalized spacial score (nSPS) is 17.6. The minimum Gasteiger partial charge on any atom is -0.368 e. The molecule has 0 saturated carbocycles. The molecule has 2 heterocycles. The van der Waals surface area contributed by atoms with Crippen LogP contribution in [0.2, 0.25) is 0 Å². The van der Waals surface area contributed by atoms with E-state index in [1.165, 1.54) is 32.4 Å². The van der Waals surface area contributed by atoms with E-state index in [2.05, 4.69) is 20.9 Å². The van der Waals surface area contributed by atoms with Gasteiger partial charge in [-0.05, 0) is 36.0 Å². The van der Waals surface area contributed by atoms with Gasteiger partial charge in [0.25, 0.3) is 0 Å². The molecule has 13 heavy (non-hydrogen) atoms. The highest BCUT2D eigenvalue weighted by Gasteiger charge is 2.07. The minimum absolute atomic E-state index is 1.23. The van der Waals surface area contributed by atoms with E-state index in [4.69, 9.17) is 0 Å². The predicted molar refractivity (Wildman–Crippen MR) is 62.8 cm³/mol. The molecule has 1 aliphatic heterocycles. The summed E-state index contributed by atoms with van der Waals surface area (Å²) in [7, 11) is 1.57. The van der Waals surface area contributed by atoms with Crippen molar-refractivity contribution >= 4 is 22.6 Å². The Balaban J connectivity index is 0.000000145. The first-order chi connectivity index (χ1) is 6.43. The fourth-order valence-electron chi connectivity index (χ4n) is 1.22. The summed E-state index contributed by atoms with van der Waals surface area (Å²) in [4.78, 5) is 2.86. The third-order valence-corrected chi connectivity index (χ3v) is 3.22. The van der Waals surface area contributed by atoms with E-state index in [0.29, 0.717) is 0 Å². The van der Waals surface area contributed by atoms with E-state index in [0.717, 1.165) is 0 Å². The highest BCUT2D eigenvalue weighted by Crippen LogP contribution is 2.19. The lowest BCUT2D eigenvalue weighted by Crippen LogP contribution is -2.21. The van der Waals surface area contributed by atoms with Gasteiger partial charge in [0.1, 0.15) is 0 Å². The Morgan fingerprint density at radius 1 is 1.08 bits per heavy atom. The first kappa shape index (κ1) is 11.0. The lowest BCUT2D eigenvalue weighted by atomic mass is 10.2. The zero-order chi connectivity index (χ0) is 9.36. The van der Waals surface area contributed by atoms with Gasteiger partial charge >= 0.3 is 0 Å². The Kier molecular flexibility index (Phi) is 6.23. The summed E-state index contributed by atoms with van der Waals surface area (Å²) >= 11 is 4.11. The van der Waals surface area contributed by atoms with E-state index in [-0.39, 0.29) is 0 Å². The first-order valence-corrected chi connectivity index (χ1v) is 6.40. The molecule has 0 spiro atoms. The van der Waals surface area contributed by atoms with Gasteiger partial charge in [-0.3, -0.25) is 0 Å². The Morgan fingerprint density at radius 2 is 1.69 bits per heavy atom. The Morgan fingerprint density at radius 3 is 2.00 bits per heavy atom. The van der Waals surface area contributed by atoms with Crippen LogP contribution in [-0.4, -0.2) is 22.4 Å². The summed E-state index contributed by atoms with van der Waals surface area (Å²) in [6.45, 7) is 2.46. The summed E-state index contributed by atoms with van der Waals surface area (Å²) in [6.07, 6.45) is 7.87. The number of nitrogens with one attached hydrogen (secondary N) is 1. The summed E-state index contributed by atoms with van der Waals surface area (Å²) in [6, 6.07) is 3.89. The number of H-pyrrole nitrogens is 1. The van der Waals surface area contributed by atoms with Gasteiger partial charge in [-0.25, -0.2) is 4.31 Å². The lowest BCUT2D eigenvalue weighted by molar-refractivity contribution is 0.384. The van der Waals surface area contributed by atoms with Crippen molar-refractivity contribution in [3.63, 3.8) is 0 Å². The van der Waals surface area contributed by atoms with Crippen molar-refractivity contribution in [3.05, 3.63) is 24.5 Å². The molecule has 1 aromatic heterocycles. The van der Waals surface area contributed by atoms with E-state index >= 15 is 0 Å². The number of piperidine rings is 1. The van der Waals surface area contributed by atoms with Gasteiger partial charge in [0.05, 0.1) is 0 Å². The van der Waals surface area contributed by atoms with Gasteiger partial charge in [0.15, 0.2) is 0 Å². The maximum absolute atomic E-state index is 4.11. The van der Waals surface area contributed by atoms with Crippen LogP contribution in [0.1, 0.15) is 19.3 Å². The second kappa shape index (κ2) is 7.35. The second-order valence-corrected chi connectivity index (χ2v) is 4.13. The lowest BCUT2D eigenvalue weighted by Gasteiger charge is -2.22. The largest absolute Gasteiger partial charge is 0.368 e. The maximum atomic E-state index is 4.11. The predicted octanol–water partition coefficient (Wildman–Crippen LogP) is 2.98. The topological polar surface area (TPSA) is 19.0 Å². The number of nitrogens with zero attached hydrogens (tertiary/aromatic N) is 1. The number of aromatic amines is 1. The average molecular weight is 216 g/mol. The van der Waals surface area contributed by atoms with Crippen LogP contribution >= 0.6 is 22.6 Å². The fourth-order valence-corrected chi connectivity index (χ4v) is 2.14. The van der Waals surface area contributed by atoms with Crippen LogP contribution in [-0.2, 0) is 0 Å². The van der Waals surface area contributed by atoms with Crippen LogP contribution in [0.3, 0.4) is 0 Å². The minimum atomic E-state index is 1.23. The van der Waals surface area contributed by atoms with Gasteiger partial charge in [-0.2, -0.15) is 0 Å². The molecule has 4 heteroatoms. The summed E-state index contributed by atoms with van der Waals surface area (Å²) in [5.41, 5.74) is 0. The molecule has 1 aliphatic rings. The third-order valence-electron chi connectivity index (χ3n) is 1.93. The van der Waals surface area contributed by atoms with E-state index < -0.39 is 0 Å². The molecule has 2 nitrogen and oxygen atoms in total. The molecule has 2 rings (SSSR count). The average Bonchev–Trinajstić information content (AvgIpc) is 2.77. The molecule has 0 unspecified atom stereocenters. The number of thiol groups is 1. The third kappa shape index (κ3) is 5.29. The first-order valence-electron chi connectivity index (χ1n) is 4.57. The number of aromatic nitrogens is 1. The van der Waals surface area contributed by atoms with Crippen molar-refractivity contribution in [3.8, 4) is 0 Å². The summed E-state index contributed by atoms with van der Waals surface area (Å²) < 4.78 is 2.30. The molecule has 0 radical (unpaired) electrons. The molecule has 1 N–H and O–H groups in total. The monoisotopic (exact) mass is 216 g/mol. The van der Waals surface area contributed by atoms with Crippen LogP contribution < -0.4 is 0 Å². The molecule has 0 aromatic carbocycles. The van der Waals surface area contributed by atoms with E-state index in [1.54, 1.807) is 11.0 Å². The highest BCUT2D eigenvalue weighted by atomic mass is 33.1. The standard InChI is InChI=1S/C5H11NS2.C4H5N/c7-8-6-4-2-1-3-5-6;1-2-4-5-3-1/h7H,1-5H2;1-5H. The zero-order valence-corrected chi connectivity index (χ0v) is 9.36. The Labute approximate surface area is 89.0 Å². The molecule has 74 valence electrons. The zero-order valence-electron chi connectivity index (χ0n) is 7.65. The molecule has 0 aliphatic carbocycles. The van der Waals surface area contributed by atoms with Gasteiger partial charge in [0.2, 0.25) is 0 Å². The van der Waals surface area contributed by atoms with Gasteiger partial charge in [-0.1, -0.05) is 18.1 Å². The molecule has 0 bridgehead atoms. The summed E-state index contributed by atoms with van der Waals surface area (Å²) in [5.74, 6) is 0.